The van der Waals surface area contributed by atoms with Crippen LogP contribution in [0, 0.1) is 0 Å². The summed E-state index contributed by atoms with van der Waals surface area (Å²) >= 11 is 0. The van der Waals surface area contributed by atoms with Gasteiger partial charge in [-0.2, -0.15) is 13.2 Å². The number of nitrogens with two attached hydrogens (primary N) is 1. The van der Waals surface area contributed by atoms with Crippen molar-refractivity contribution in [1.82, 2.24) is 19.5 Å². The molecule has 120 valence electrons. The summed E-state index contributed by atoms with van der Waals surface area (Å²) in [5.41, 5.74) is 7.94. The summed E-state index contributed by atoms with van der Waals surface area (Å²) < 4.78 is 40.5. The first-order chi connectivity index (χ1) is 10.9. The van der Waals surface area contributed by atoms with Gasteiger partial charge < -0.3 is 5.73 Å². The Bertz CT molecular complexity index is 837. The third kappa shape index (κ3) is 2.77. The first-order valence-electron chi connectivity index (χ1n) is 7.04. The molecule has 0 atom stereocenters. The first kappa shape index (κ1) is 15.4. The van der Waals surface area contributed by atoms with E-state index in [1.807, 2.05) is 12.1 Å². The molecule has 0 aliphatic carbocycles. The second kappa shape index (κ2) is 5.62. The van der Waals surface area contributed by atoms with Gasteiger partial charge in [-0.1, -0.05) is 19.1 Å². The van der Waals surface area contributed by atoms with Crippen LogP contribution in [0.25, 0.3) is 16.9 Å². The molecule has 1 aromatic carbocycles. The monoisotopic (exact) mass is 321 g/mol. The number of rotatable bonds is 3. The Labute approximate surface area is 130 Å². The summed E-state index contributed by atoms with van der Waals surface area (Å²) in [6.45, 7) is 2.13. The van der Waals surface area contributed by atoms with Gasteiger partial charge in [0.25, 0.3) is 0 Å². The molecule has 0 radical (unpaired) electrons. The van der Waals surface area contributed by atoms with Gasteiger partial charge in [-0.15, -0.1) is 0 Å². The largest absolute Gasteiger partial charge is 0.451 e. The number of alkyl halides is 3. The Morgan fingerprint density at radius 1 is 1.13 bits per heavy atom. The van der Waals surface area contributed by atoms with Crippen molar-refractivity contribution >= 4 is 11.2 Å². The molecule has 23 heavy (non-hydrogen) atoms. The predicted molar refractivity (Wildman–Crippen MR) is 78.9 cm³/mol. The number of hydrogen-bond donors (Lipinski definition) is 1. The van der Waals surface area contributed by atoms with Crippen molar-refractivity contribution < 1.29 is 13.2 Å². The van der Waals surface area contributed by atoms with Gasteiger partial charge >= 0.3 is 6.18 Å². The van der Waals surface area contributed by atoms with Crippen molar-refractivity contribution in [2.45, 2.75) is 26.1 Å². The highest BCUT2D eigenvalue weighted by molar-refractivity contribution is 5.75. The Kier molecular flexibility index (Phi) is 3.77. The van der Waals surface area contributed by atoms with Gasteiger partial charge in [-0.05, 0) is 24.1 Å². The molecule has 2 N–H and O–H groups in total. The minimum absolute atomic E-state index is 0.143. The maximum Gasteiger partial charge on any atom is 0.451 e. The number of aryl methyl sites for hydroxylation is 1. The molecule has 2 aromatic heterocycles. The summed E-state index contributed by atoms with van der Waals surface area (Å²) in [4.78, 5) is 11.4. The van der Waals surface area contributed by atoms with Gasteiger partial charge in [0.05, 0.1) is 5.69 Å². The molecule has 0 fully saturated rings. The molecule has 0 spiro atoms. The van der Waals surface area contributed by atoms with Crippen molar-refractivity contribution in [3.8, 4) is 5.69 Å². The standard InChI is InChI=1S/C15H14F3N5/c1-2-11-12-13(22-14(21-11)15(16,17)18)23(8-20-12)10-5-3-9(7-19)4-6-10/h3-6,8H,2,7,19H2,1H3. The van der Waals surface area contributed by atoms with Crippen LogP contribution in [-0.4, -0.2) is 19.5 Å². The average Bonchev–Trinajstić information content (AvgIpc) is 2.97. The van der Waals surface area contributed by atoms with E-state index in [-0.39, 0.29) is 11.3 Å². The van der Waals surface area contributed by atoms with E-state index in [9.17, 15) is 13.2 Å². The second-order valence-electron chi connectivity index (χ2n) is 5.00. The van der Waals surface area contributed by atoms with E-state index in [0.717, 1.165) is 5.56 Å². The van der Waals surface area contributed by atoms with Crippen LogP contribution in [-0.2, 0) is 19.1 Å². The number of fused-ring (bicyclic) bond motifs is 1. The van der Waals surface area contributed by atoms with Gasteiger partial charge in [0, 0.05) is 12.2 Å². The molecular weight excluding hydrogens is 307 g/mol. The van der Waals surface area contributed by atoms with E-state index in [4.69, 9.17) is 5.73 Å². The number of benzene rings is 1. The van der Waals surface area contributed by atoms with Crippen molar-refractivity contribution in [2.75, 3.05) is 0 Å². The fourth-order valence-corrected chi connectivity index (χ4v) is 2.31. The molecular formula is C15H14F3N5. The van der Waals surface area contributed by atoms with E-state index in [1.165, 1.54) is 10.9 Å². The molecule has 3 rings (SSSR count). The predicted octanol–water partition coefficient (Wildman–Crippen LogP) is 2.86. The van der Waals surface area contributed by atoms with Crippen molar-refractivity contribution in [3.05, 3.63) is 47.7 Å². The quantitative estimate of drug-likeness (QED) is 0.805. The summed E-state index contributed by atoms with van der Waals surface area (Å²) in [5.74, 6) is -1.15. The van der Waals surface area contributed by atoms with Crippen LogP contribution >= 0.6 is 0 Å². The molecule has 0 aliphatic rings. The third-order valence-electron chi connectivity index (χ3n) is 3.51. The molecule has 8 heteroatoms. The second-order valence-corrected chi connectivity index (χ2v) is 5.00. The van der Waals surface area contributed by atoms with E-state index in [2.05, 4.69) is 15.0 Å². The van der Waals surface area contributed by atoms with Crippen LogP contribution in [0.15, 0.2) is 30.6 Å². The molecule has 0 aliphatic heterocycles. The molecule has 5 nitrogen and oxygen atoms in total. The molecule has 2 heterocycles. The minimum Gasteiger partial charge on any atom is -0.326 e. The van der Waals surface area contributed by atoms with Crippen LogP contribution in [0.4, 0.5) is 13.2 Å². The Balaban J connectivity index is 2.21. The summed E-state index contributed by atoms with van der Waals surface area (Å²) in [5, 5.41) is 0. The number of hydrogen-bond acceptors (Lipinski definition) is 4. The zero-order valence-electron chi connectivity index (χ0n) is 12.3. The highest BCUT2D eigenvalue weighted by Crippen LogP contribution is 2.29. The maximum absolute atomic E-state index is 13.0. The molecule has 3 aromatic rings. The fourth-order valence-electron chi connectivity index (χ4n) is 2.31. The first-order valence-corrected chi connectivity index (χ1v) is 7.04. The van der Waals surface area contributed by atoms with E-state index in [0.29, 0.717) is 24.2 Å². The maximum atomic E-state index is 13.0. The van der Waals surface area contributed by atoms with Gasteiger partial charge in [-0.3, -0.25) is 4.57 Å². The lowest BCUT2D eigenvalue weighted by Gasteiger charge is -2.09. The molecule has 0 bridgehead atoms. The summed E-state index contributed by atoms with van der Waals surface area (Å²) in [6.07, 6.45) is -2.81. The average molecular weight is 321 g/mol. The number of halogens is 3. The van der Waals surface area contributed by atoms with Crippen LogP contribution in [0.2, 0.25) is 0 Å². The normalized spacial score (nSPS) is 12.0. The summed E-state index contributed by atoms with van der Waals surface area (Å²) in [7, 11) is 0. The van der Waals surface area contributed by atoms with Crippen LogP contribution in [0.3, 0.4) is 0 Å². The summed E-state index contributed by atoms with van der Waals surface area (Å²) in [6, 6.07) is 7.16. The van der Waals surface area contributed by atoms with Crippen molar-refractivity contribution in [1.29, 1.82) is 0 Å². The van der Waals surface area contributed by atoms with Crippen LogP contribution in [0.1, 0.15) is 24.0 Å². The third-order valence-corrected chi connectivity index (χ3v) is 3.51. The van der Waals surface area contributed by atoms with E-state index < -0.39 is 12.0 Å². The smallest absolute Gasteiger partial charge is 0.326 e. The Hall–Kier alpha value is -2.48. The van der Waals surface area contributed by atoms with E-state index in [1.54, 1.807) is 19.1 Å². The van der Waals surface area contributed by atoms with Crippen LogP contribution in [0.5, 0.6) is 0 Å². The Morgan fingerprint density at radius 2 is 1.83 bits per heavy atom. The highest BCUT2D eigenvalue weighted by atomic mass is 19.4. The van der Waals surface area contributed by atoms with Gasteiger partial charge in [0.2, 0.25) is 5.82 Å². The van der Waals surface area contributed by atoms with Crippen molar-refractivity contribution in [2.24, 2.45) is 5.73 Å². The topological polar surface area (TPSA) is 69.6 Å². The SMILES string of the molecule is CCc1nc(C(F)(F)F)nc2c1ncn2-c1ccc(CN)cc1. The minimum atomic E-state index is -4.60. The lowest BCUT2D eigenvalue weighted by Crippen LogP contribution is -2.13. The zero-order valence-corrected chi connectivity index (χ0v) is 12.3. The van der Waals surface area contributed by atoms with E-state index >= 15 is 0 Å². The lowest BCUT2D eigenvalue weighted by atomic mass is 10.2. The van der Waals surface area contributed by atoms with Crippen LogP contribution < -0.4 is 5.73 Å². The van der Waals surface area contributed by atoms with Gasteiger partial charge in [0.1, 0.15) is 11.8 Å². The fraction of sp³-hybridized carbons (Fsp3) is 0.267. The number of imidazole rings is 1. The van der Waals surface area contributed by atoms with Gasteiger partial charge in [-0.25, -0.2) is 15.0 Å². The highest BCUT2D eigenvalue weighted by Gasteiger charge is 2.36. The molecule has 0 amide bonds. The molecule has 0 unspecified atom stereocenters. The molecule has 0 saturated heterocycles. The zero-order chi connectivity index (χ0) is 16.6. The van der Waals surface area contributed by atoms with Crippen molar-refractivity contribution in [3.63, 3.8) is 0 Å². The number of nitrogens with zero attached hydrogens (tertiary/aromatic N) is 4. The Morgan fingerprint density at radius 3 is 2.39 bits per heavy atom. The lowest BCUT2D eigenvalue weighted by molar-refractivity contribution is -0.144. The number of aromatic nitrogens is 4. The molecule has 0 saturated carbocycles. The van der Waals surface area contributed by atoms with Gasteiger partial charge in [0.15, 0.2) is 5.65 Å².